The molecule has 0 aliphatic heterocycles. The van der Waals surface area contributed by atoms with Gasteiger partial charge in [-0.1, -0.05) is 157 Å². The molecule has 0 fully saturated rings. The summed E-state index contributed by atoms with van der Waals surface area (Å²) in [5.41, 5.74) is 0. The zero-order valence-corrected chi connectivity index (χ0v) is 37.3. The molecule has 57 heavy (non-hydrogen) atoms. The van der Waals surface area contributed by atoms with E-state index in [0.717, 1.165) is 44.9 Å². The van der Waals surface area contributed by atoms with Gasteiger partial charge in [-0.15, -0.1) is 0 Å². The van der Waals surface area contributed by atoms with Crippen LogP contribution in [0.1, 0.15) is 149 Å². The van der Waals surface area contributed by atoms with E-state index >= 15 is 0 Å². The predicted molar refractivity (Wildman–Crippen MR) is 232 cm³/mol. The van der Waals surface area contributed by atoms with E-state index in [0.29, 0.717) is 23.9 Å². The first kappa shape index (κ1) is 54.4. The fraction of sp³-hybridized carbons (Fsp3) is 0.696. The van der Waals surface area contributed by atoms with Gasteiger partial charge in [-0.2, -0.15) is 0 Å². The number of phosphoric acid groups is 1. The summed E-state index contributed by atoms with van der Waals surface area (Å²) in [4.78, 5) is 37.5. The second-order valence-electron chi connectivity index (χ2n) is 15.6. The first-order valence-electron chi connectivity index (χ1n) is 21.7. The van der Waals surface area contributed by atoms with Crippen molar-refractivity contribution in [1.29, 1.82) is 0 Å². The summed E-state index contributed by atoms with van der Waals surface area (Å²) in [5.74, 6) is -0.950. The lowest BCUT2D eigenvalue weighted by atomic mass is 10.0. The van der Waals surface area contributed by atoms with Gasteiger partial charge in [0, 0.05) is 12.8 Å². The molecule has 0 aromatic carbocycles. The summed E-state index contributed by atoms with van der Waals surface area (Å²) in [6, 6.07) is 0. The standard InChI is InChI=1S/C46H80NO9P/c1-6-7-8-9-10-11-12-18-22-25-28-31-34-37-45(49)53-41-44(42-55-57(51,52)54-40-39-47(3,4)5)56-46(50)38-35-32-29-26-23-20-17-15-13-14-16-19-21-24-27-30-33-36-43(2)48/h13,15-16,19-20,23-24,27,29,32-33,36,43-44,48H,6-12,14,17-18,21-22,25-26,28,30-31,34-35,37-42H2,1-5H3/b15-13+,19-16+,23-20+,27-24+,32-29+,36-33-. The molecule has 0 aliphatic carbocycles. The van der Waals surface area contributed by atoms with Crippen molar-refractivity contribution < 1.29 is 47.2 Å². The van der Waals surface area contributed by atoms with Gasteiger partial charge in [-0.3, -0.25) is 14.2 Å². The Morgan fingerprint density at radius 1 is 0.632 bits per heavy atom. The highest BCUT2D eigenvalue weighted by Crippen LogP contribution is 2.38. The number of carbonyl (C=O) groups excluding carboxylic acids is 2. The van der Waals surface area contributed by atoms with Crippen molar-refractivity contribution >= 4 is 19.8 Å². The fourth-order valence-corrected chi connectivity index (χ4v) is 6.13. The smallest absolute Gasteiger partial charge is 0.306 e. The average Bonchev–Trinajstić information content (AvgIpc) is 3.14. The van der Waals surface area contributed by atoms with Crippen LogP contribution in [0, 0.1) is 0 Å². The minimum atomic E-state index is -4.65. The number of quaternary nitrogens is 1. The molecule has 0 radical (unpaired) electrons. The van der Waals surface area contributed by atoms with Gasteiger partial charge < -0.3 is 33.0 Å². The molecule has 0 spiro atoms. The molecule has 1 N–H and O–H groups in total. The van der Waals surface area contributed by atoms with Crippen molar-refractivity contribution in [3.05, 3.63) is 72.9 Å². The SMILES string of the molecule is CCCCCCCCCCCCCCCC(=O)OCC(COP(=O)([O-])OCC[N+](C)(C)C)OC(=O)CC/C=C/C/C=C/C/C=C/C/C=C/C/C=C/C/C=C\C(C)O. The van der Waals surface area contributed by atoms with Gasteiger partial charge in [0.25, 0.3) is 7.82 Å². The van der Waals surface area contributed by atoms with E-state index in [4.69, 9.17) is 18.5 Å². The predicted octanol–water partition coefficient (Wildman–Crippen LogP) is 10.6. The number of nitrogens with zero attached hydrogens (tertiary/aromatic N) is 1. The van der Waals surface area contributed by atoms with Crippen LogP contribution in [-0.2, 0) is 32.7 Å². The first-order chi connectivity index (χ1) is 27.3. The van der Waals surface area contributed by atoms with Crippen molar-refractivity contribution in [1.82, 2.24) is 0 Å². The molecular formula is C46H80NO9P. The van der Waals surface area contributed by atoms with E-state index in [2.05, 4.69) is 55.5 Å². The molecule has 0 aromatic rings. The lowest BCUT2D eigenvalue weighted by molar-refractivity contribution is -0.870. The average molecular weight is 822 g/mol. The Balaban J connectivity index is 4.51. The number of esters is 2. The lowest BCUT2D eigenvalue weighted by Gasteiger charge is -2.28. The molecule has 3 unspecified atom stereocenters. The molecule has 0 aromatic heterocycles. The minimum absolute atomic E-state index is 0.0520. The highest BCUT2D eigenvalue weighted by atomic mass is 31.2. The summed E-state index contributed by atoms with van der Waals surface area (Å²) in [6.45, 7) is 3.58. The Bertz CT molecular complexity index is 1220. The maximum atomic E-state index is 12.6. The van der Waals surface area contributed by atoms with Crippen LogP contribution in [0.2, 0.25) is 0 Å². The summed E-state index contributed by atoms with van der Waals surface area (Å²) >= 11 is 0. The van der Waals surface area contributed by atoms with Crippen molar-refractivity contribution in [2.24, 2.45) is 0 Å². The monoisotopic (exact) mass is 822 g/mol. The number of ether oxygens (including phenoxy) is 2. The highest BCUT2D eigenvalue weighted by Gasteiger charge is 2.21. The maximum absolute atomic E-state index is 12.6. The normalized spacial score (nSPS) is 14.9. The second-order valence-corrected chi connectivity index (χ2v) is 17.0. The maximum Gasteiger partial charge on any atom is 0.306 e. The van der Waals surface area contributed by atoms with Crippen LogP contribution < -0.4 is 4.89 Å². The number of rotatable bonds is 38. The van der Waals surface area contributed by atoms with Gasteiger partial charge >= 0.3 is 11.9 Å². The van der Waals surface area contributed by atoms with Crippen LogP contribution >= 0.6 is 7.82 Å². The molecule has 0 aliphatic rings. The van der Waals surface area contributed by atoms with Crippen molar-refractivity contribution in [3.8, 4) is 0 Å². The molecule has 0 rings (SSSR count). The first-order valence-corrected chi connectivity index (χ1v) is 23.2. The molecule has 0 saturated heterocycles. The molecular weight excluding hydrogens is 741 g/mol. The Morgan fingerprint density at radius 3 is 1.56 bits per heavy atom. The Hall–Kier alpha value is -2.59. The number of unbranched alkanes of at least 4 members (excludes halogenated alkanes) is 12. The summed E-state index contributed by atoms with van der Waals surface area (Å²) in [5, 5.41) is 9.18. The second kappa shape index (κ2) is 37.7. The van der Waals surface area contributed by atoms with Gasteiger partial charge in [0.15, 0.2) is 6.10 Å². The number of phosphoric ester groups is 1. The zero-order valence-electron chi connectivity index (χ0n) is 36.4. The minimum Gasteiger partial charge on any atom is -0.756 e. The Morgan fingerprint density at radius 2 is 1.09 bits per heavy atom. The van der Waals surface area contributed by atoms with Gasteiger partial charge in [0.05, 0.1) is 33.9 Å². The molecule has 0 saturated carbocycles. The van der Waals surface area contributed by atoms with E-state index in [1.54, 1.807) is 13.0 Å². The third-order valence-electron chi connectivity index (χ3n) is 8.77. The van der Waals surface area contributed by atoms with Crippen molar-refractivity contribution in [3.63, 3.8) is 0 Å². The molecule has 0 heterocycles. The highest BCUT2D eigenvalue weighted by molar-refractivity contribution is 7.45. The lowest BCUT2D eigenvalue weighted by Crippen LogP contribution is -2.37. The van der Waals surface area contributed by atoms with E-state index in [9.17, 15) is 24.2 Å². The number of aliphatic hydroxyl groups is 1. The molecule has 0 amide bonds. The molecule has 3 atom stereocenters. The van der Waals surface area contributed by atoms with Crippen LogP contribution in [0.15, 0.2) is 72.9 Å². The van der Waals surface area contributed by atoms with Gasteiger partial charge in [0.1, 0.15) is 19.8 Å². The van der Waals surface area contributed by atoms with Crippen molar-refractivity contribution in [2.45, 2.75) is 161 Å². The molecule has 328 valence electrons. The van der Waals surface area contributed by atoms with E-state index in [-0.39, 0.29) is 26.1 Å². The van der Waals surface area contributed by atoms with Crippen LogP contribution in [0.4, 0.5) is 0 Å². The van der Waals surface area contributed by atoms with Crippen LogP contribution in [0.3, 0.4) is 0 Å². The summed E-state index contributed by atoms with van der Waals surface area (Å²) in [7, 11) is 1.09. The third kappa shape index (κ3) is 42.8. The number of aliphatic hydroxyl groups excluding tert-OH is 1. The van der Waals surface area contributed by atoms with Crippen LogP contribution in [0.5, 0.6) is 0 Å². The molecule has 11 heteroatoms. The van der Waals surface area contributed by atoms with E-state index in [1.807, 2.05) is 39.4 Å². The third-order valence-corrected chi connectivity index (χ3v) is 9.73. The largest absolute Gasteiger partial charge is 0.756 e. The molecule has 0 bridgehead atoms. The summed E-state index contributed by atoms with van der Waals surface area (Å²) < 4.78 is 33.7. The number of carbonyl (C=O) groups is 2. The van der Waals surface area contributed by atoms with E-state index in [1.165, 1.54) is 64.2 Å². The molecule has 10 nitrogen and oxygen atoms in total. The topological polar surface area (TPSA) is 131 Å². The summed E-state index contributed by atoms with van der Waals surface area (Å²) in [6.07, 6.45) is 43.7. The number of allylic oxidation sites excluding steroid dienone is 11. The van der Waals surface area contributed by atoms with Crippen molar-refractivity contribution in [2.75, 3.05) is 47.5 Å². The fourth-order valence-electron chi connectivity index (χ4n) is 5.40. The van der Waals surface area contributed by atoms with Crippen LogP contribution in [0.25, 0.3) is 0 Å². The van der Waals surface area contributed by atoms with Gasteiger partial charge in [-0.25, -0.2) is 0 Å². The van der Waals surface area contributed by atoms with E-state index < -0.39 is 38.6 Å². The number of hydrogen-bond acceptors (Lipinski definition) is 9. The van der Waals surface area contributed by atoms with Gasteiger partial charge in [-0.05, 0) is 51.9 Å². The quantitative estimate of drug-likeness (QED) is 0.0213. The number of likely N-dealkylation sites (N-methyl/N-ethyl adjacent to an activating group) is 1. The Labute approximate surface area is 347 Å². The number of hydrogen-bond donors (Lipinski definition) is 1. The Kier molecular flexibility index (Phi) is 36.0. The zero-order chi connectivity index (χ0) is 42.3. The van der Waals surface area contributed by atoms with Crippen LogP contribution in [-0.4, -0.2) is 81.2 Å². The van der Waals surface area contributed by atoms with Gasteiger partial charge in [0.2, 0.25) is 0 Å².